The van der Waals surface area contributed by atoms with Crippen LogP contribution >= 0.6 is 11.8 Å². The van der Waals surface area contributed by atoms with Gasteiger partial charge in [-0.15, -0.1) is 0 Å². The average Bonchev–Trinajstić information content (AvgIpc) is 2.77. The highest BCUT2D eigenvalue weighted by molar-refractivity contribution is 8.03. The van der Waals surface area contributed by atoms with Crippen LogP contribution in [0, 0.1) is 10.7 Å². The molecule has 0 spiro atoms. The summed E-state index contributed by atoms with van der Waals surface area (Å²) in [5.41, 5.74) is 0.680. The van der Waals surface area contributed by atoms with Gasteiger partial charge in [-0.3, -0.25) is 38.7 Å². The van der Waals surface area contributed by atoms with Crippen molar-refractivity contribution in [2.24, 2.45) is 0 Å². The third-order valence-corrected chi connectivity index (χ3v) is 6.00. The van der Waals surface area contributed by atoms with Crippen molar-refractivity contribution in [3.8, 4) is 5.40 Å². The Morgan fingerprint density at radius 1 is 0.763 bits per heavy atom. The van der Waals surface area contributed by atoms with E-state index in [4.69, 9.17) is 15.5 Å². The van der Waals surface area contributed by atoms with Crippen LogP contribution < -0.4 is 0 Å². The van der Waals surface area contributed by atoms with Gasteiger partial charge in [0.25, 0.3) is 0 Å². The SMILES string of the molecule is CC(CN(CC(=O)O)CC(Cc1ccc(SC#N)cc1)N(CC(=O)O)CC(=O)O)N(CC(=O)O)CC(=O)O. The van der Waals surface area contributed by atoms with Crippen molar-refractivity contribution in [2.75, 3.05) is 45.8 Å². The molecule has 5 N–H and O–H groups in total. The molecule has 2 unspecified atom stereocenters. The standard InChI is InChI=1S/C23H30N4O10S/c1-15(26(10-20(30)31)11-21(32)33)7-25(9-19(28)29)8-17(27(12-22(34)35)13-23(36)37)6-16-2-4-18(5-3-16)38-14-24/h2-5,15,17H,6-13H2,1H3,(H,28,29)(H,30,31)(H,32,33)(H,34,35)(H,36,37). The predicted molar refractivity (Wildman–Crippen MR) is 133 cm³/mol. The van der Waals surface area contributed by atoms with E-state index in [0.29, 0.717) is 10.5 Å². The smallest absolute Gasteiger partial charge is 0.317 e. The van der Waals surface area contributed by atoms with E-state index in [1.807, 2.05) is 5.40 Å². The number of hydrogen-bond donors (Lipinski definition) is 5. The highest BCUT2D eigenvalue weighted by Gasteiger charge is 2.29. The molecule has 14 nitrogen and oxygen atoms in total. The van der Waals surface area contributed by atoms with E-state index in [9.17, 15) is 39.3 Å². The topological polar surface area (TPSA) is 220 Å². The Balaban J connectivity index is 3.31. The lowest BCUT2D eigenvalue weighted by Crippen LogP contribution is -2.53. The summed E-state index contributed by atoms with van der Waals surface area (Å²) >= 11 is 0.939. The van der Waals surface area contributed by atoms with Gasteiger partial charge < -0.3 is 25.5 Å². The number of nitrogens with zero attached hydrogens (tertiary/aromatic N) is 4. The van der Waals surface area contributed by atoms with Gasteiger partial charge in [-0.1, -0.05) is 12.1 Å². The minimum Gasteiger partial charge on any atom is -0.480 e. The summed E-state index contributed by atoms with van der Waals surface area (Å²) in [5.74, 6) is -6.35. The number of benzene rings is 1. The van der Waals surface area contributed by atoms with E-state index in [1.54, 1.807) is 24.3 Å². The minimum atomic E-state index is -1.29. The van der Waals surface area contributed by atoms with Crippen molar-refractivity contribution in [1.82, 2.24) is 14.7 Å². The monoisotopic (exact) mass is 554 g/mol. The molecule has 2 atom stereocenters. The fourth-order valence-electron chi connectivity index (χ4n) is 3.89. The second kappa shape index (κ2) is 16.2. The van der Waals surface area contributed by atoms with Gasteiger partial charge in [0.2, 0.25) is 0 Å². The van der Waals surface area contributed by atoms with Crippen LogP contribution in [0.25, 0.3) is 0 Å². The quantitative estimate of drug-likeness (QED) is 0.111. The van der Waals surface area contributed by atoms with E-state index in [0.717, 1.165) is 16.7 Å². The number of thioether (sulfide) groups is 1. The Morgan fingerprint density at radius 3 is 1.63 bits per heavy atom. The zero-order chi connectivity index (χ0) is 28.8. The molecule has 0 fully saturated rings. The zero-order valence-corrected chi connectivity index (χ0v) is 21.4. The largest absolute Gasteiger partial charge is 0.480 e. The Bertz CT molecular complexity index is 998. The van der Waals surface area contributed by atoms with Crippen molar-refractivity contribution in [3.05, 3.63) is 29.8 Å². The highest BCUT2D eigenvalue weighted by Crippen LogP contribution is 2.19. The summed E-state index contributed by atoms with van der Waals surface area (Å²) in [6.45, 7) is -1.69. The van der Waals surface area contributed by atoms with Crippen molar-refractivity contribution >= 4 is 41.6 Å². The maximum atomic E-state index is 11.6. The minimum absolute atomic E-state index is 0.0882. The molecule has 0 heterocycles. The lowest BCUT2D eigenvalue weighted by Gasteiger charge is -2.36. The first-order chi connectivity index (χ1) is 17.8. The van der Waals surface area contributed by atoms with Crippen LogP contribution in [0.15, 0.2) is 29.2 Å². The molecular weight excluding hydrogens is 524 g/mol. The van der Waals surface area contributed by atoms with Crippen LogP contribution in [0.1, 0.15) is 12.5 Å². The lowest BCUT2D eigenvalue weighted by molar-refractivity contribution is -0.144. The second-order valence-corrected chi connectivity index (χ2v) is 9.38. The van der Waals surface area contributed by atoms with E-state index < -0.39 is 74.7 Å². The van der Waals surface area contributed by atoms with Crippen molar-refractivity contribution in [3.63, 3.8) is 0 Å². The van der Waals surface area contributed by atoms with E-state index in [2.05, 4.69) is 0 Å². The van der Waals surface area contributed by atoms with Crippen LogP contribution in [0.3, 0.4) is 0 Å². The number of thiocyanates is 1. The molecule has 0 saturated carbocycles. The molecule has 0 saturated heterocycles. The molecular formula is C23H30N4O10S. The number of rotatable bonds is 19. The molecule has 0 aromatic heterocycles. The van der Waals surface area contributed by atoms with Gasteiger partial charge in [-0.2, -0.15) is 5.26 Å². The van der Waals surface area contributed by atoms with Crippen LogP contribution in [0.4, 0.5) is 0 Å². The third kappa shape index (κ3) is 13.0. The number of nitriles is 1. The zero-order valence-electron chi connectivity index (χ0n) is 20.6. The molecule has 1 rings (SSSR count). The lowest BCUT2D eigenvalue weighted by atomic mass is 10.0. The van der Waals surface area contributed by atoms with Gasteiger partial charge in [0, 0.05) is 30.1 Å². The molecule has 0 aliphatic carbocycles. The van der Waals surface area contributed by atoms with Gasteiger partial charge >= 0.3 is 29.8 Å². The Morgan fingerprint density at radius 2 is 1.21 bits per heavy atom. The van der Waals surface area contributed by atoms with Crippen LogP contribution in [0.5, 0.6) is 0 Å². The highest BCUT2D eigenvalue weighted by atomic mass is 32.2. The Labute approximate surface area is 222 Å². The molecule has 0 aliphatic heterocycles. The molecule has 208 valence electrons. The first kappa shape index (κ1) is 32.3. The van der Waals surface area contributed by atoms with Crippen molar-refractivity contribution in [1.29, 1.82) is 5.26 Å². The molecule has 1 aromatic rings. The Hall–Kier alpha value is -3.71. The molecule has 38 heavy (non-hydrogen) atoms. The van der Waals surface area contributed by atoms with Crippen molar-refractivity contribution in [2.45, 2.75) is 30.3 Å². The van der Waals surface area contributed by atoms with Crippen LogP contribution in [0.2, 0.25) is 0 Å². The van der Waals surface area contributed by atoms with Gasteiger partial charge in [0.1, 0.15) is 5.40 Å². The predicted octanol–water partition coefficient (Wildman–Crippen LogP) is -0.112. The van der Waals surface area contributed by atoms with Crippen LogP contribution in [-0.4, -0.2) is 128 Å². The number of carbonyl (C=O) groups is 5. The fraction of sp³-hybridized carbons (Fsp3) is 0.478. The maximum Gasteiger partial charge on any atom is 0.317 e. The molecule has 15 heteroatoms. The summed E-state index contributed by atoms with van der Waals surface area (Å²) in [5, 5.41) is 57.3. The van der Waals surface area contributed by atoms with E-state index >= 15 is 0 Å². The summed E-state index contributed by atoms with van der Waals surface area (Å²) in [6, 6.07) is 5.21. The van der Waals surface area contributed by atoms with Gasteiger partial charge in [-0.05, 0) is 42.8 Å². The third-order valence-electron chi connectivity index (χ3n) is 5.40. The maximum absolute atomic E-state index is 11.6. The van der Waals surface area contributed by atoms with Crippen LogP contribution in [-0.2, 0) is 30.4 Å². The number of aliphatic carboxylic acids is 5. The van der Waals surface area contributed by atoms with Gasteiger partial charge in [-0.25, -0.2) is 0 Å². The first-order valence-electron chi connectivity index (χ1n) is 11.2. The second-order valence-electron chi connectivity index (χ2n) is 8.52. The van der Waals surface area contributed by atoms with Gasteiger partial charge in [0.05, 0.1) is 32.7 Å². The van der Waals surface area contributed by atoms with Gasteiger partial charge in [0.15, 0.2) is 0 Å². The summed E-state index contributed by atoms with van der Waals surface area (Å²) in [7, 11) is 0. The molecule has 0 amide bonds. The van der Waals surface area contributed by atoms with E-state index in [-0.39, 0.29) is 19.5 Å². The summed E-state index contributed by atoms with van der Waals surface area (Å²) < 4.78 is 0. The number of carboxylic acid groups (broad SMARTS) is 5. The van der Waals surface area contributed by atoms with E-state index in [1.165, 1.54) is 16.7 Å². The number of hydrogen-bond acceptors (Lipinski definition) is 10. The summed E-state index contributed by atoms with van der Waals surface area (Å²) in [6.07, 6.45) is 0.135. The normalized spacial score (nSPS) is 12.7. The summed E-state index contributed by atoms with van der Waals surface area (Å²) in [4.78, 5) is 61.5. The first-order valence-corrected chi connectivity index (χ1v) is 12.1. The van der Waals surface area contributed by atoms with Crippen molar-refractivity contribution < 1.29 is 49.5 Å². The molecule has 1 aromatic carbocycles. The molecule has 0 bridgehead atoms. The number of carboxylic acids is 5. The average molecular weight is 555 g/mol. The molecule has 0 aliphatic rings. The molecule has 0 radical (unpaired) electrons. The fourth-order valence-corrected chi connectivity index (χ4v) is 4.26. The Kier molecular flexibility index (Phi) is 13.8.